The summed E-state index contributed by atoms with van der Waals surface area (Å²) in [6, 6.07) is 0.119. The molecule has 0 bridgehead atoms. The van der Waals surface area contributed by atoms with Gasteiger partial charge in [-0.05, 0) is 47.0 Å². The molecule has 5 N–H and O–H groups in total. The second-order valence-electron chi connectivity index (χ2n) is 14.9. The number of aromatic nitrogens is 1. The first-order valence-corrected chi connectivity index (χ1v) is 15.9. The van der Waals surface area contributed by atoms with E-state index in [0.717, 1.165) is 12.8 Å². The number of urea groups is 1. The summed E-state index contributed by atoms with van der Waals surface area (Å²) in [4.78, 5) is 84.9. The van der Waals surface area contributed by atoms with Gasteiger partial charge in [-0.15, -0.1) is 0 Å². The number of Topliss-reactive ketones (excluding diaryl/α,β-unsaturated/α-hetero) is 2. The fourth-order valence-electron chi connectivity index (χ4n) is 6.65. The van der Waals surface area contributed by atoms with E-state index >= 15 is 0 Å². The van der Waals surface area contributed by atoms with Gasteiger partial charge in [-0.25, -0.2) is 9.78 Å². The van der Waals surface area contributed by atoms with E-state index in [1.807, 2.05) is 13.8 Å². The number of hydrogen-bond acceptors (Lipinski definition) is 8. The number of carbonyl (C=O) groups excluding carboxylic acids is 6. The molecule has 6 atom stereocenters. The molecule has 5 amide bonds. The third kappa shape index (κ3) is 7.33. The van der Waals surface area contributed by atoms with Gasteiger partial charge in [0.15, 0.2) is 0 Å². The van der Waals surface area contributed by atoms with Crippen molar-refractivity contribution < 1.29 is 33.5 Å². The minimum Gasteiger partial charge on any atom is -0.481 e. The maximum absolute atomic E-state index is 14.3. The van der Waals surface area contributed by atoms with Crippen molar-refractivity contribution in [1.82, 2.24) is 25.8 Å². The Morgan fingerprint density at radius 2 is 1.72 bits per heavy atom. The van der Waals surface area contributed by atoms with E-state index in [4.69, 9.17) is 10.5 Å². The molecule has 1 unspecified atom stereocenters. The largest absolute Gasteiger partial charge is 0.481 e. The number of nitrogens with one attached hydrogen (secondary N) is 3. The summed E-state index contributed by atoms with van der Waals surface area (Å²) < 4.78 is 5.13. The number of primary amides is 1. The monoisotopic (exact) mass is 640 g/mol. The average molecular weight is 641 g/mol. The highest BCUT2D eigenvalue weighted by Crippen LogP contribution is 2.65. The van der Waals surface area contributed by atoms with E-state index in [0.29, 0.717) is 13.0 Å². The van der Waals surface area contributed by atoms with E-state index < -0.39 is 64.9 Å². The summed E-state index contributed by atoms with van der Waals surface area (Å²) in [7, 11) is 1.44. The lowest BCUT2D eigenvalue weighted by Gasteiger charge is -2.38. The zero-order chi connectivity index (χ0) is 34.3. The molecule has 3 aliphatic rings. The lowest BCUT2D eigenvalue weighted by molar-refractivity contribution is -0.145. The van der Waals surface area contributed by atoms with Crippen LogP contribution >= 0.6 is 0 Å². The predicted molar refractivity (Wildman–Crippen MR) is 168 cm³/mol. The van der Waals surface area contributed by atoms with E-state index in [2.05, 4.69) is 20.9 Å². The van der Waals surface area contributed by atoms with Crippen LogP contribution in [0, 0.1) is 34.5 Å². The normalized spacial score (nSPS) is 23.4. The van der Waals surface area contributed by atoms with E-state index in [1.54, 1.807) is 52.8 Å². The maximum atomic E-state index is 14.3. The van der Waals surface area contributed by atoms with Crippen molar-refractivity contribution in [2.45, 2.75) is 91.9 Å². The van der Waals surface area contributed by atoms with Gasteiger partial charge in [0, 0.05) is 12.6 Å². The molecule has 1 aromatic rings. The fourth-order valence-corrected chi connectivity index (χ4v) is 6.65. The number of amides is 5. The molecule has 2 aliphatic carbocycles. The summed E-state index contributed by atoms with van der Waals surface area (Å²) in [6.45, 7) is 13.3. The van der Waals surface area contributed by atoms with Crippen molar-refractivity contribution in [2.24, 2.45) is 40.2 Å². The Morgan fingerprint density at radius 3 is 2.26 bits per heavy atom. The minimum atomic E-state index is -1.11. The quantitative estimate of drug-likeness (QED) is 0.185. The topological polar surface area (TPSA) is 190 Å². The molecular weight excluding hydrogens is 592 g/mol. The predicted octanol–water partition coefficient (Wildman–Crippen LogP) is 1.83. The number of hydrogen-bond donors (Lipinski definition) is 4. The molecule has 46 heavy (non-hydrogen) atoms. The number of piperidine rings is 1. The van der Waals surface area contributed by atoms with Gasteiger partial charge in [-0.3, -0.25) is 24.0 Å². The van der Waals surface area contributed by atoms with Crippen LogP contribution in [0.2, 0.25) is 0 Å². The Kier molecular flexibility index (Phi) is 9.84. The van der Waals surface area contributed by atoms with Crippen molar-refractivity contribution in [3.8, 4) is 5.88 Å². The van der Waals surface area contributed by atoms with Crippen LogP contribution in [0.4, 0.5) is 4.79 Å². The fraction of sp³-hybridized carbons (Fsp3) is 0.667. The van der Waals surface area contributed by atoms with E-state index in [9.17, 15) is 28.8 Å². The van der Waals surface area contributed by atoms with Gasteiger partial charge in [0.05, 0.1) is 19.2 Å². The molecule has 1 aromatic heterocycles. The highest BCUT2D eigenvalue weighted by molar-refractivity contribution is 6.37. The van der Waals surface area contributed by atoms with Crippen LogP contribution < -0.4 is 26.4 Å². The zero-order valence-electron chi connectivity index (χ0n) is 28.0. The Labute approximate surface area is 270 Å². The molecule has 2 heterocycles. The Bertz CT molecular complexity index is 1400. The van der Waals surface area contributed by atoms with Crippen LogP contribution in [0.15, 0.2) is 18.2 Å². The number of likely N-dealkylation sites (tertiary alicyclic amines) is 1. The van der Waals surface area contributed by atoms with Crippen molar-refractivity contribution in [3.05, 3.63) is 23.9 Å². The molecule has 13 nitrogen and oxygen atoms in total. The van der Waals surface area contributed by atoms with Crippen LogP contribution in [0.1, 0.15) is 78.2 Å². The van der Waals surface area contributed by atoms with Crippen LogP contribution in [-0.4, -0.2) is 83.0 Å². The van der Waals surface area contributed by atoms with Crippen molar-refractivity contribution in [1.29, 1.82) is 0 Å². The van der Waals surface area contributed by atoms with Crippen LogP contribution in [0.5, 0.6) is 5.88 Å². The summed E-state index contributed by atoms with van der Waals surface area (Å²) in [6.07, 6.45) is 2.13. The third-order valence-electron chi connectivity index (χ3n) is 9.71. The molecule has 13 heteroatoms. The Balaban J connectivity index is 1.53. The first kappa shape index (κ1) is 34.8. The standard InChI is InChI=1S/C33H48N6O7/c1-16(2)23(25(40)19-10-9-11-21(35-19)46-8)37-31(45)38-27(32(3,4)5)30(44)39-15-18-22(33(18,6)7)24(39)29(43)36-20(14-17-12-13-17)26(41)28(34)42/h9-11,16-18,20,22-24,27H,12-15H2,1-8H3,(H2,34,42)(H,36,43)(H2,37,38,45)/t18-,20?,22-,23-,24-,27+/m0/s1. The molecule has 252 valence electrons. The van der Waals surface area contributed by atoms with Gasteiger partial charge in [0.25, 0.3) is 5.91 Å². The smallest absolute Gasteiger partial charge is 0.316 e. The lowest BCUT2D eigenvalue weighted by atomic mass is 9.85. The Hall–Kier alpha value is -4.03. The number of ether oxygens (including phenoxy) is 1. The number of carbonyl (C=O) groups is 6. The number of methoxy groups -OCH3 is 1. The Morgan fingerprint density at radius 1 is 1.07 bits per heavy atom. The first-order chi connectivity index (χ1) is 21.4. The number of rotatable bonds is 13. The molecule has 2 saturated carbocycles. The van der Waals surface area contributed by atoms with Gasteiger partial charge >= 0.3 is 6.03 Å². The van der Waals surface area contributed by atoms with Crippen molar-refractivity contribution in [2.75, 3.05) is 13.7 Å². The van der Waals surface area contributed by atoms with Gasteiger partial charge in [0.2, 0.25) is 29.3 Å². The second-order valence-corrected chi connectivity index (χ2v) is 14.9. The summed E-state index contributed by atoms with van der Waals surface area (Å²) >= 11 is 0. The van der Waals surface area contributed by atoms with E-state index in [-0.39, 0.29) is 40.7 Å². The average Bonchev–Trinajstić information content (AvgIpc) is 3.83. The molecular formula is C33H48N6O7. The molecule has 0 radical (unpaired) electrons. The summed E-state index contributed by atoms with van der Waals surface area (Å²) in [5.74, 6) is -3.26. The van der Waals surface area contributed by atoms with Gasteiger partial charge < -0.3 is 31.3 Å². The minimum absolute atomic E-state index is 0.0497. The molecule has 1 saturated heterocycles. The number of ketones is 2. The third-order valence-corrected chi connectivity index (χ3v) is 9.71. The lowest BCUT2D eigenvalue weighted by Crippen LogP contribution is -2.62. The number of nitrogens with zero attached hydrogens (tertiary/aromatic N) is 2. The van der Waals surface area contributed by atoms with Crippen molar-refractivity contribution >= 4 is 35.3 Å². The van der Waals surface area contributed by atoms with Gasteiger partial charge in [0.1, 0.15) is 17.8 Å². The maximum Gasteiger partial charge on any atom is 0.316 e. The highest BCUT2D eigenvalue weighted by Gasteiger charge is 2.70. The first-order valence-electron chi connectivity index (χ1n) is 15.9. The zero-order valence-corrected chi connectivity index (χ0v) is 28.0. The number of fused-ring (bicyclic) bond motifs is 1. The highest BCUT2D eigenvalue weighted by atomic mass is 16.5. The SMILES string of the molecule is COc1cccc(C(=O)[C@@H](NC(=O)N[C@H](C(=O)N2C[C@H]3[C@@H]([C@H]2C(=O)NC(CC2CC2)C(=O)C(N)=O)C3(C)C)C(C)(C)C)C(C)C)n1. The second kappa shape index (κ2) is 13.0. The van der Waals surface area contributed by atoms with Crippen LogP contribution in [0.25, 0.3) is 0 Å². The number of nitrogens with two attached hydrogens (primary N) is 1. The molecule has 0 aromatic carbocycles. The number of pyridine rings is 1. The van der Waals surface area contributed by atoms with Crippen molar-refractivity contribution in [3.63, 3.8) is 0 Å². The summed E-state index contributed by atoms with van der Waals surface area (Å²) in [5, 5.41) is 8.26. The molecule has 4 rings (SSSR count). The molecule has 3 fully saturated rings. The summed E-state index contributed by atoms with van der Waals surface area (Å²) in [5.41, 5.74) is 4.43. The van der Waals surface area contributed by atoms with Gasteiger partial charge in [-0.1, -0.05) is 67.4 Å². The molecule has 1 aliphatic heterocycles. The van der Waals surface area contributed by atoms with Crippen LogP contribution in [-0.2, 0) is 19.2 Å². The molecule has 0 spiro atoms. The van der Waals surface area contributed by atoms with Crippen LogP contribution in [0.3, 0.4) is 0 Å². The van der Waals surface area contributed by atoms with E-state index in [1.165, 1.54) is 12.0 Å². The van der Waals surface area contributed by atoms with Gasteiger partial charge in [-0.2, -0.15) is 0 Å².